The molecule has 0 aliphatic carbocycles. The van der Waals surface area contributed by atoms with E-state index in [9.17, 15) is 9.90 Å². The molecular formula is C21H15N4O3-. The molecule has 7 nitrogen and oxygen atoms in total. The van der Waals surface area contributed by atoms with Crippen molar-refractivity contribution in [3.05, 3.63) is 90.3 Å². The van der Waals surface area contributed by atoms with Crippen molar-refractivity contribution in [2.75, 3.05) is 5.43 Å². The van der Waals surface area contributed by atoms with Crippen molar-refractivity contribution in [1.29, 1.82) is 0 Å². The first-order valence-corrected chi connectivity index (χ1v) is 8.50. The SMILES string of the molecule is O=C([O-])c1ccc(N/N=C\c2cn(-c3ccccc3)nc2-c2ccco2)cc1. The summed E-state index contributed by atoms with van der Waals surface area (Å²) in [5, 5.41) is 19.6. The average molecular weight is 371 g/mol. The van der Waals surface area contributed by atoms with E-state index in [1.165, 1.54) is 12.1 Å². The number of aromatic nitrogens is 2. The van der Waals surface area contributed by atoms with E-state index in [2.05, 4.69) is 15.6 Å². The van der Waals surface area contributed by atoms with Crippen molar-refractivity contribution in [3.8, 4) is 17.1 Å². The van der Waals surface area contributed by atoms with Crippen molar-refractivity contribution < 1.29 is 14.3 Å². The molecule has 0 spiro atoms. The first kappa shape index (κ1) is 17.3. The van der Waals surface area contributed by atoms with Gasteiger partial charge in [-0.2, -0.15) is 10.2 Å². The van der Waals surface area contributed by atoms with Crippen LogP contribution in [0.15, 0.2) is 88.7 Å². The van der Waals surface area contributed by atoms with Gasteiger partial charge in [0.05, 0.1) is 29.8 Å². The number of rotatable bonds is 6. The molecular weight excluding hydrogens is 356 g/mol. The van der Waals surface area contributed by atoms with Crippen molar-refractivity contribution >= 4 is 17.9 Å². The molecule has 0 unspecified atom stereocenters. The normalized spacial score (nSPS) is 11.0. The van der Waals surface area contributed by atoms with Crippen LogP contribution in [0.1, 0.15) is 15.9 Å². The van der Waals surface area contributed by atoms with Gasteiger partial charge in [-0.15, -0.1) is 0 Å². The summed E-state index contributed by atoms with van der Waals surface area (Å²) < 4.78 is 7.25. The zero-order valence-corrected chi connectivity index (χ0v) is 14.6. The molecule has 0 amide bonds. The topological polar surface area (TPSA) is 95.5 Å². The fourth-order valence-corrected chi connectivity index (χ4v) is 2.66. The maximum absolute atomic E-state index is 10.8. The third kappa shape index (κ3) is 3.68. The van der Waals surface area contributed by atoms with E-state index in [1.807, 2.05) is 42.6 Å². The van der Waals surface area contributed by atoms with E-state index in [4.69, 9.17) is 4.42 Å². The highest BCUT2D eigenvalue weighted by Crippen LogP contribution is 2.23. The van der Waals surface area contributed by atoms with Crippen LogP contribution in [-0.4, -0.2) is 22.0 Å². The molecule has 2 heterocycles. The second-order valence-electron chi connectivity index (χ2n) is 5.93. The molecule has 0 saturated heterocycles. The number of hydrogen-bond acceptors (Lipinski definition) is 6. The predicted octanol–water partition coefficient (Wildman–Crippen LogP) is 2.94. The number of nitrogens with one attached hydrogen (secondary N) is 1. The molecule has 0 fully saturated rings. The highest BCUT2D eigenvalue weighted by atomic mass is 16.4. The van der Waals surface area contributed by atoms with Crippen LogP contribution < -0.4 is 10.5 Å². The number of nitrogens with zero attached hydrogens (tertiary/aromatic N) is 3. The van der Waals surface area contributed by atoms with Crippen LogP contribution in [0.2, 0.25) is 0 Å². The maximum Gasteiger partial charge on any atom is 0.154 e. The number of para-hydroxylation sites is 1. The maximum atomic E-state index is 10.8. The Morgan fingerprint density at radius 1 is 1.07 bits per heavy atom. The minimum Gasteiger partial charge on any atom is -0.545 e. The van der Waals surface area contributed by atoms with Crippen LogP contribution in [0, 0.1) is 0 Å². The lowest BCUT2D eigenvalue weighted by atomic mass is 10.2. The third-order valence-corrected chi connectivity index (χ3v) is 4.04. The zero-order valence-electron chi connectivity index (χ0n) is 14.6. The fraction of sp³-hybridized carbons (Fsp3) is 0. The van der Waals surface area contributed by atoms with Crippen molar-refractivity contribution in [2.24, 2.45) is 5.10 Å². The Bertz CT molecular complexity index is 1100. The van der Waals surface area contributed by atoms with Gasteiger partial charge in [0.25, 0.3) is 0 Å². The van der Waals surface area contributed by atoms with Crippen LogP contribution in [0.3, 0.4) is 0 Å². The summed E-state index contributed by atoms with van der Waals surface area (Å²) in [4.78, 5) is 10.8. The molecule has 138 valence electrons. The van der Waals surface area contributed by atoms with Crippen molar-refractivity contribution in [2.45, 2.75) is 0 Å². The molecule has 1 N–H and O–H groups in total. The minimum absolute atomic E-state index is 0.110. The molecule has 4 aromatic rings. The lowest BCUT2D eigenvalue weighted by Gasteiger charge is -2.03. The zero-order chi connectivity index (χ0) is 19.3. The monoisotopic (exact) mass is 371 g/mol. The number of hydrogen-bond donors (Lipinski definition) is 1. The summed E-state index contributed by atoms with van der Waals surface area (Å²) in [6.07, 6.45) is 5.09. The number of carboxylic acids is 1. The van der Waals surface area contributed by atoms with Crippen LogP contribution in [0.25, 0.3) is 17.1 Å². The van der Waals surface area contributed by atoms with E-state index in [0.717, 1.165) is 11.3 Å². The van der Waals surface area contributed by atoms with Crippen LogP contribution in [0.5, 0.6) is 0 Å². The molecule has 0 bridgehead atoms. The summed E-state index contributed by atoms with van der Waals surface area (Å²) in [5.74, 6) is -0.582. The number of benzene rings is 2. The number of hydrazone groups is 1. The van der Waals surface area contributed by atoms with Gasteiger partial charge in [0.15, 0.2) is 5.76 Å². The Kier molecular flexibility index (Phi) is 4.71. The van der Waals surface area contributed by atoms with E-state index < -0.39 is 5.97 Å². The van der Waals surface area contributed by atoms with Crippen LogP contribution in [-0.2, 0) is 0 Å². The Morgan fingerprint density at radius 2 is 1.86 bits per heavy atom. The van der Waals surface area contributed by atoms with Gasteiger partial charge in [-0.3, -0.25) is 5.43 Å². The third-order valence-electron chi connectivity index (χ3n) is 4.04. The quantitative estimate of drug-likeness (QED) is 0.415. The summed E-state index contributed by atoms with van der Waals surface area (Å²) in [6, 6.07) is 19.5. The van der Waals surface area contributed by atoms with E-state index >= 15 is 0 Å². The van der Waals surface area contributed by atoms with Gasteiger partial charge in [0.2, 0.25) is 0 Å². The smallest absolute Gasteiger partial charge is 0.154 e. The second kappa shape index (κ2) is 7.63. The van der Waals surface area contributed by atoms with E-state index in [0.29, 0.717) is 17.1 Å². The molecule has 4 rings (SSSR count). The summed E-state index contributed by atoms with van der Waals surface area (Å²) in [5.41, 5.74) is 5.97. The summed E-state index contributed by atoms with van der Waals surface area (Å²) >= 11 is 0. The summed E-state index contributed by atoms with van der Waals surface area (Å²) in [7, 11) is 0. The van der Waals surface area contributed by atoms with E-state index in [-0.39, 0.29) is 5.56 Å². The Hall–Kier alpha value is -4.13. The van der Waals surface area contributed by atoms with Crippen LogP contribution >= 0.6 is 0 Å². The largest absolute Gasteiger partial charge is 0.545 e. The fourth-order valence-electron chi connectivity index (χ4n) is 2.66. The molecule has 7 heteroatoms. The lowest BCUT2D eigenvalue weighted by Crippen LogP contribution is -2.21. The van der Waals surface area contributed by atoms with Gasteiger partial charge in [-0.25, -0.2) is 4.68 Å². The van der Waals surface area contributed by atoms with Gasteiger partial charge < -0.3 is 14.3 Å². The number of anilines is 1. The van der Waals surface area contributed by atoms with Gasteiger partial charge in [0, 0.05) is 11.8 Å². The molecule has 0 radical (unpaired) electrons. The lowest BCUT2D eigenvalue weighted by molar-refractivity contribution is -0.255. The molecule has 28 heavy (non-hydrogen) atoms. The first-order chi connectivity index (χ1) is 13.7. The van der Waals surface area contributed by atoms with Gasteiger partial charge in [-0.05, 0) is 42.0 Å². The molecule has 2 aromatic carbocycles. The van der Waals surface area contributed by atoms with Gasteiger partial charge in [-0.1, -0.05) is 30.3 Å². The number of carboxylic acid groups (broad SMARTS) is 1. The Morgan fingerprint density at radius 3 is 2.54 bits per heavy atom. The molecule has 2 aromatic heterocycles. The minimum atomic E-state index is -1.22. The standard InChI is InChI=1S/C21H16N4O3/c26-21(27)15-8-10-17(11-9-15)23-22-13-16-14-25(18-5-2-1-3-6-18)24-20(16)19-7-4-12-28-19/h1-14,23H,(H,26,27)/p-1/b22-13-. The predicted molar refractivity (Wildman–Crippen MR) is 103 cm³/mol. The number of carbonyl (C=O) groups is 1. The Labute approximate surface area is 160 Å². The van der Waals surface area contributed by atoms with Crippen molar-refractivity contribution in [1.82, 2.24) is 9.78 Å². The van der Waals surface area contributed by atoms with Gasteiger partial charge in [0.1, 0.15) is 5.69 Å². The summed E-state index contributed by atoms with van der Waals surface area (Å²) in [6.45, 7) is 0. The van der Waals surface area contributed by atoms with Gasteiger partial charge >= 0.3 is 0 Å². The van der Waals surface area contributed by atoms with Crippen LogP contribution in [0.4, 0.5) is 5.69 Å². The molecule has 0 atom stereocenters. The molecule has 0 saturated carbocycles. The highest BCUT2D eigenvalue weighted by molar-refractivity contribution is 5.88. The molecule has 0 aliphatic heterocycles. The highest BCUT2D eigenvalue weighted by Gasteiger charge is 2.13. The second-order valence-corrected chi connectivity index (χ2v) is 5.93. The number of aromatic carboxylic acids is 1. The Balaban J connectivity index is 1.60. The average Bonchev–Trinajstić information content (AvgIpc) is 3.39. The number of furan rings is 1. The van der Waals surface area contributed by atoms with E-state index in [1.54, 1.807) is 35.4 Å². The number of carbonyl (C=O) groups excluding carboxylic acids is 1. The molecule has 0 aliphatic rings. The van der Waals surface area contributed by atoms with Crippen molar-refractivity contribution in [3.63, 3.8) is 0 Å². The first-order valence-electron chi connectivity index (χ1n) is 8.50.